The highest BCUT2D eigenvalue weighted by Gasteiger charge is 2.19. The molecule has 0 unspecified atom stereocenters. The van der Waals surface area contributed by atoms with Gasteiger partial charge in [-0.15, -0.1) is 0 Å². The first-order valence-corrected chi connectivity index (χ1v) is 8.59. The van der Waals surface area contributed by atoms with Crippen molar-refractivity contribution in [3.8, 4) is 0 Å². The van der Waals surface area contributed by atoms with E-state index >= 15 is 0 Å². The average molecular weight is 366 g/mol. The Bertz CT molecular complexity index is 889. The van der Waals surface area contributed by atoms with Gasteiger partial charge in [0, 0.05) is 5.56 Å². The summed E-state index contributed by atoms with van der Waals surface area (Å²) in [7, 11) is 2.70. The van der Waals surface area contributed by atoms with E-state index < -0.39 is 6.09 Å². The molecule has 0 heterocycles. The van der Waals surface area contributed by atoms with Gasteiger partial charge in [0.05, 0.1) is 25.6 Å². The monoisotopic (exact) mass is 366 g/mol. The predicted molar refractivity (Wildman–Crippen MR) is 104 cm³/mol. The van der Waals surface area contributed by atoms with Crippen LogP contribution in [0.4, 0.5) is 10.5 Å². The van der Waals surface area contributed by atoms with Gasteiger partial charge in [-0.1, -0.05) is 47.6 Å². The quantitative estimate of drug-likeness (QED) is 0.563. The average Bonchev–Trinajstić information content (AvgIpc) is 3.13. The number of allylic oxidation sites excluding steroid dienone is 1. The summed E-state index contributed by atoms with van der Waals surface area (Å²) in [5, 5.41) is 5.32. The van der Waals surface area contributed by atoms with E-state index in [-0.39, 0.29) is 6.61 Å². The summed E-state index contributed by atoms with van der Waals surface area (Å²) in [5.41, 5.74) is 5.79. The molecule has 3 rings (SSSR count). The van der Waals surface area contributed by atoms with Gasteiger partial charge in [0.25, 0.3) is 0 Å². The number of oxime groups is 1. The molecule has 1 amide bonds. The van der Waals surface area contributed by atoms with E-state index in [1.165, 1.54) is 25.3 Å². The zero-order valence-corrected chi connectivity index (χ0v) is 15.6. The molecule has 0 aromatic heterocycles. The number of benzene rings is 2. The highest BCUT2D eigenvalue weighted by atomic mass is 16.7. The normalized spacial score (nSPS) is 13.0. The molecule has 0 atom stereocenters. The number of fused-ring (bicyclic) bond motifs is 1. The second-order valence-corrected chi connectivity index (χ2v) is 6.07. The van der Waals surface area contributed by atoms with Crippen LogP contribution in [0.5, 0.6) is 0 Å². The zero-order chi connectivity index (χ0) is 19.2. The summed E-state index contributed by atoms with van der Waals surface area (Å²) in [6, 6.07) is 15.6. The molecule has 0 saturated carbocycles. The molecule has 0 N–H and O–H groups in total. The molecule has 6 heteroatoms. The third kappa shape index (κ3) is 4.17. The summed E-state index contributed by atoms with van der Waals surface area (Å²) < 4.78 is 4.74. The highest BCUT2D eigenvalue weighted by Crippen LogP contribution is 2.26. The first-order valence-electron chi connectivity index (χ1n) is 8.59. The third-order valence-corrected chi connectivity index (χ3v) is 4.39. The number of para-hydroxylation sites is 1. The Morgan fingerprint density at radius 2 is 1.85 bits per heavy atom. The van der Waals surface area contributed by atoms with Crippen LogP contribution in [0.3, 0.4) is 0 Å². The fourth-order valence-electron chi connectivity index (χ4n) is 2.95. The fourth-order valence-corrected chi connectivity index (χ4v) is 2.95. The number of rotatable bonds is 6. The molecule has 0 bridgehead atoms. The van der Waals surface area contributed by atoms with Gasteiger partial charge in [-0.05, 0) is 42.2 Å². The maximum Gasteiger partial charge on any atom is 0.438 e. The minimum absolute atomic E-state index is 0.199. The van der Waals surface area contributed by atoms with Gasteiger partial charge in [0.1, 0.15) is 6.61 Å². The number of hydrogen-bond donors (Lipinski definition) is 0. The molecule has 0 radical (unpaired) electrons. The topological polar surface area (TPSA) is 60.4 Å². The van der Waals surface area contributed by atoms with E-state index in [2.05, 4.69) is 23.4 Å². The van der Waals surface area contributed by atoms with Gasteiger partial charge in [-0.25, -0.2) is 4.79 Å². The second-order valence-electron chi connectivity index (χ2n) is 6.07. The number of carbonyl (C=O) groups excluding carboxylic acids is 1. The Hall–Kier alpha value is -3.12. The van der Waals surface area contributed by atoms with E-state index in [1.807, 2.05) is 37.3 Å². The third-order valence-electron chi connectivity index (χ3n) is 4.39. The van der Waals surface area contributed by atoms with E-state index in [4.69, 9.17) is 14.4 Å². The number of anilines is 1. The van der Waals surface area contributed by atoms with Crippen LogP contribution in [0, 0.1) is 0 Å². The van der Waals surface area contributed by atoms with Gasteiger partial charge in [-0.2, -0.15) is 5.06 Å². The first-order chi connectivity index (χ1) is 13.1. The van der Waals surface area contributed by atoms with Crippen LogP contribution in [0.1, 0.15) is 23.6 Å². The number of carbonyl (C=O) groups is 1. The molecular weight excluding hydrogens is 344 g/mol. The lowest BCUT2D eigenvalue weighted by molar-refractivity contribution is 0.111. The number of amides is 1. The summed E-state index contributed by atoms with van der Waals surface area (Å²) in [5.74, 6) is 0. The molecular formula is C21H22N2O4. The Morgan fingerprint density at radius 1 is 1.11 bits per heavy atom. The zero-order valence-electron chi connectivity index (χ0n) is 15.6. The molecule has 27 heavy (non-hydrogen) atoms. The smallest absolute Gasteiger partial charge is 0.438 e. The molecule has 0 spiro atoms. The van der Waals surface area contributed by atoms with Crippen molar-refractivity contribution in [3.05, 3.63) is 70.8 Å². The van der Waals surface area contributed by atoms with Gasteiger partial charge in [0.2, 0.25) is 0 Å². The van der Waals surface area contributed by atoms with Crippen molar-refractivity contribution in [3.63, 3.8) is 0 Å². The molecule has 2 aromatic carbocycles. The van der Waals surface area contributed by atoms with Crippen LogP contribution in [0.2, 0.25) is 0 Å². The molecule has 0 saturated heterocycles. The minimum Gasteiger partial charge on any atom is -0.451 e. The fraction of sp³-hybridized carbons (Fsp3) is 0.238. The van der Waals surface area contributed by atoms with E-state index in [0.717, 1.165) is 28.3 Å². The minimum atomic E-state index is -0.612. The number of methoxy groups -OCH3 is 1. The maximum absolute atomic E-state index is 11.9. The van der Waals surface area contributed by atoms with E-state index in [9.17, 15) is 4.79 Å². The summed E-state index contributed by atoms with van der Waals surface area (Å²) in [6.07, 6.45) is 2.37. The van der Waals surface area contributed by atoms with Crippen LogP contribution in [-0.4, -0.2) is 26.0 Å². The molecule has 1 aliphatic carbocycles. The lowest BCUT2D eigenvalue weighted by atomic mass is 10.1. The van der Waals surface area contributed by atoms with Crippen molar-refractivity contribution in [1.82, 2.24) is 0 Å². The standard InChI is InChI=1S/C21H22N2O4/c1-15(19-12-16-8-4-5-9-17(16)13-19)22-27-14-18-10-6-7-11-20(18)23(26-3)21(24)25-2/h4-12H,13-14H2,1-3H3. The van der Waals surface area contributed by atoms with Gasteiger partial charge in [-0.3, -0.25) is 4.84 Å². The van der Waals surface area contributed by atoms with Crippen molar-refractivity contribution >= 4 is 23.6 Å². The number of hydrogen-bond acceptors (Lipinski definition) is 5. The van der Waals surface area contributed by atoms with Crippen molar-refractivity contribution in [2.75, 3.05) is 19.3 Å². The van der Waals surface area contributed by atoms with Crippen molar-refractivity contribution in [2.45, 2.75) is 20.0 Å². The van der Waals surface area contributed by atoms with Crippen LogP contribution < -0.4 is 5.06 Å². The van der Waals surface area contributed by atoms with Gasteiger partial charge < -0.3 is 9.57 Å². The van der Waals surface area contributed by atoms with Crippen LogP contribution in [-0.2, 0) is 27.4 Å². The molecule has 140 valence electrons. The van der Waals surface area contributed by atoms with Gasteiger partial charge >= 0.3 is 6.09 Å². The number of hydroxylamine groups is 1. The van der Waals surface area contributed by atoms with Crippen LogP contribution in [0.25, 0.3) is 6.08 Å². The molecule has 2 aromatic rings. The highest BCUT2D eigenvalue weighted by molar-refractivity contribution is 6.03. The molecule has 1 aliphatic rings. The summed E-state index contributed by atoms with van der Waals surface area (Å²) >= 11 is 0. The first kappa shape index (κ1) is 18.7. The molecule has 0 aliphatic heterocycles. The lowest BCUT2D eigenvalue weighted by Gasteiger charge is -2.20. The van der Waals surface area contributed by atoms with Gasteiger partial charge in [0.15, 0.2) is 0 Å². The van der Waals surface area contributed by atoms with Crippen molar-refractivity contribution in [2.24, 2.45) is 5.16 Å². The van der Waals surface area contributed by atoms with Crippen molar-refractivity contribution in [1.29, 1.82) is 0 Å². The Morgan fingerprint density at radius 3 is 2.59 bits per heavy atom. The number of nitrogens with zero attached hydrogens (tertiary/aromatic N) is 2. The molecule has 6 nitrogen and oxygen atoms in total. The predicted octanol–water partition coefficient (Wildman–Crippen LogP) is 4.35. The van der Waals surface area contributed by atoms with Crippen molar-refractivity contribution < 1.29 is 19.2 Å². The SMILES string of the molecule is COC(=O)N(OC)c1ccccc1CON=C(C)C1=Cc2ccccc2C1. The summed E-state index contributed by atoms with van der Waals surface area (Å²) in [6.45, 7) is 2.13. The Labute approximate surface area is 158 Å². The van der Waals surface area contributed by atoms with Crippen LogP contribution >= 0.6 is 0 Å². The summed E-state index contributed by atoms with van der Waals surface area (Å²) in [4.78, 5) is 22.5. The Balaban J connectivity index is 1.69. The largest absolute Gasteiger partial charge is 0.451 e. The van der Waals surface area contributed by atoms with Crippen LogP contribution in [0.15, 0.2) is 59.3 Å². The lowest BCUT2D eigenvalue weighted by Crippen LogP contribution is -2.30. The second kappa shape index (κ2) is 8.51. The van der Waals surface area contributed by atoms with E-state index in [1.54, 1.807) is 6.07 Å². The maximum atomic E-state index is 11.9. The molecule has 0 fully saturated rings. The van der Waals surface area contributed by atoms with E-state index in [0.29, 0.717) is 5.69 Å². The Kier molecular flexibility index (Phi) is 5.88. The number of ether oxygens (including phenoxy) is 1.